The maximum atomic E-state index is 2.42. The maximum Gasteiger partial charge on any atom is -0.0267 e. The first-order valence-electron chi connectivity index (χ1n) is 25.4. The molecular formula is C52H102P. The fourth-order valence-electron chi connectivity index (χ4n) is 8.06. The Labute approximate surface area is 340 Å². The minimum Gasteiger partial charge on any atom is -0.0834 e. The molecule has 1 radical (unpaired) electrons. The molecule has 0 aliphatic carbocycles. The Kier molecular flexibility index (Phi) is 51.8. The third-order valence-electron chi connectivity index (χ3n) is 11.8. The fraction of sp³-hybridized carbons (Fsp3) is 0.923. The molecule has 0 nitrogen and oxygen atoms in total. The second-order valence-electron chi connectivity index (χ2n) is 17.3. The van der Waals surface area contributed by atoms with Gasteiger partial charge in [0, 0.05) is 0 Å². The van der Waals surface area contributed by atoms with Crippen LogP contribution < -0.4 is 0 Å². The van der Waals surface area contributed by atoms with Gasteiger partial charge in [-0.3, -0.25) is 0 Å². The van der Waals surface area contributed by atoms with Crippen molar-refractivity contribution in [1.29, 1.82) is 0 Å². The molecule has 0 amide bonds. The van der Waals surface area contributed by atoms with Crippen LogP contribution in [0.15, 0.2) is 23.8 Å². The van der Waals surface area contributed by atoms with Crippen LogP contribution in [0.3, 0.4) is 0 Å². The van der Waals surface area contributed by atoms with Crippen molar-refractivity contribution in [2.24, 2.45) is 0 Å². The van der Waals surface area contributed by atoms with Crippen LogP contribution in [0, 0.1) is 0 Å². The summed E-state index contributed by atoms with van der Waals surface area (Å²) in [5.41, 5.74) is 0. The predicted octanol–water partition coefficient (Wildman–Crippen LogP) is 20.9. The number of hydrogen-bond donors (Lipinski definition) is 0. The van der Waals surface area contributed by atoms with Gasteiger partial charge in [-0.25, -0.2) is 0 Å². The minimum atomic E-state index is 1.28. The van der Waals surface area contributed by atoms with E-state index in [4.69, 9.17) is 0 Å². The van der Waals surface area contributed by atoms with Crippen LogP contribution in [-0.2, 0) is 0 Å². The molecule has 0 aromatic rings. The van der Waals surface area contributed by atoms with Crippen molar-refractivity contribution in [2.75, 3.05) is 0 Å². The molecule has 0 unspecified atom stereocenters. The van der Waals surface area contributed by atoms with Gasteiger partial charge in [-0.05, 0) is 34.3 Å². The van der Waals surface area contributed by atoms with Crippen molar-refractivity contribution < 1.29 is 0 Å². The number of allylic oxidation sites excluding steroid dienone is 2. The molecule has 0 aliphatic heterocycles. The van der Waals surface area contributed by atoms with Gasteiger partial charge in [0.25, 0.3) is 0 Å². The standard InChI is InChI=1S/C52H102P/c1-3-5-7-9-11-13-15-17-19-21-23-25-27-29-31-33-35-37-39-41-43-45-47-49-51-53-52-50-48-46-44-42-40-38-36-34-32-30-28-26-24-22-20-18-16-14-12-10-8-6-4-2/h49-52H,3-48H2,1-2H3. The van der Waals surface area contributed by atoms with E-state index in [0.717, 1.165) is 0 Å². The summed E-state index contributed by atoms with van der Waals surface area (Å²) in [5, 5.41) is 0. The lowest BCUT2D eigenvalue weighted by Gasteiger charge is -2.04. The Hall–Kier alpha value is -0.0900. The summed E-state index contributed by atoms with van der Waals surface area (Å²) in [6.07, 6.45) is 71.9. The Morgan fingerprint density at radius 1 is 0.208 bits per heavy atom. The SMILES string of the molecule is CCCCCCCCCCCCCCCCCCCCCCCCC=C[P]C=CCCCCCCCCCCCCCCCCCCCCCCCC. The second-order valence-corrected chi connectivity index (χ2v) is 18.2. The summed E-state index contributed by atoms with van der Waals surface area (Å²) in [5.74, 6) is 4.74. The van der Waals surface area contributed by atoms with Gasteiger partial charge in [0.1, 0.15) is 0 Å². The Bertz CT molecular complexity index is 608. The van der Waals surface area contributed by atoms with Gasteiger partial charge in [-0.1, -0.05) is 307 Å². The Morgan fingerprint density at radius 3 is 0.528 bits per heavy atom. The van der Waals surface area contributed by atoms with Gasteiger partial charge >= 0.3 is 0 Å². The average molecular weight is 758 g/mol. The molecule has 0 N–H and O–H groups in total. The van der Waals surface area contributed by atoms with E-state index in [9.17, 15) is 0 Å². The lowest BCUT2D eigenvalue weighted by Crippen LogP contribution is -1.84. The molecule has 0 saturated carbocycles. The number of unbranched alkanes of at least 4 members (excludes halogenated alkanes) is 44. The second kappa shape index (κ2) is 51.9. The summed E-state index contributed by atoms with van der Waals surface area (Å²) < 4.78 is 0. The molecule has 0 saturated heterocycles. The lowest BCUT2D eigenvalue weighted by atomic mass is 10.0. The number of hydrogen-bond acceptors (Lipinski definition) is 0. The van der Waals surface area contributed by atoms with Crippen LogP contribution in [0.5, 0.6) is 0 Å². The van der Waals surface area contributed by atoms with E-state index in [0.29, 0.717) is 0 Å². The van der Waals surface area contributed by atoms with Crippen molar-refractivity contribution >= 4 is 8.58 Å². The molecule has 0 spiro atoms. The molecule has 0 atom stereocenters. The van der Waals surface area contributed by atoms with Crippen molar-refractivity contribution in [3.05, 3.63) is 23.8 Å². The van der Waals surface area contributed by atoms with Crippen LogP contribution in [0.1, 0.15) is 309 Å². The first kappa shape index (κ1) is 52.9. The molecular weight excluding hydrogens is 656 g/mol. The highest BCUT2D eigenvalue weighted by Crippen LogP contribution is 2.19. The minimum absolute atomic E-state index is 1.28. The topological polar surface area (TPSA) is 0 Å². The first-order chi connectivity index (χ1) is 26.4. The van der Waals surface area contributed by atoms with Crippen LogP contribution >= 0.6 is 8.58 Å². The Morgan fingerprint density at radius 2 is 0.358 bits per heavy atom. The first-order valence-corrected chi connectivity index (χ1v) is 26.4. The van der Waals surface area contributed by atoms with E-state index >= 15 is 0 Å². The summed E-state index contributed by atoms with van der Waals surface area (Å²) in [6.45, 7) is 4.62. The average Bonchev–Trinajstić information content (AvgIpc) is 3.17. The molecule has 53 heavy (non-hydrogen) atoms. The van der Waals surface area contributed by atoms with E-state index in [1.807, 2.05) is 0 Å². The molecule has 0 heterocycles. The van der Waals surface area contributed by atoms with Crippen molar-refractivity contribution in [3.63, 3.8) is 0 Å². The van der Waals surface area contributed by atoms with E-state index in [1.54, 1.807) is 0 Å². The van der Waals surface area contributed by atoms with Crippen molar-refractivity contribution in [2.45, 2.75) is 309 Å². The largest absolute Gasteiger partial charge is 0.0834 e. The smallest absolute Gasteiger partial charge is 0.0267 e. The molecule has 0 fully saturated rings. The van der Waals surface area contributed by atoms with Gasteiger partial charge in [0.05, 0.1) is 0 Å². The maximum absolute atomic E-state index is 2.42. The zero-order valence-electron chi connectivity index (χ0n) is 37.3. The highest BCUT2D eigenvalue weighted by Gasteiger charge is 1.98. The zero-order valence-corrected chi connectivity index (χ0v) is 38.2. The van der Waals surface area contributed by atoms with Crippen LogP contribution in [0.4, 0.5) is 0 Å². The highest BCUT2D eigenvalue weighted by atomic mass is 31.1. The normalized spacial score (nSPS) is 12.2. The zero-order chi connectivity index (χ0) is 38.1. The molecule has 0 aromatic heterocycles. The monoisotopic (exact) mass is 758 g/mol. The van der Waals surface area contributed by atoms with E-state index in [1.165, 1.54) is 304 Å². The summed E-state index contributed by atoms with van der Waals surface area (Å²) in [7, 11) is 1.38. The molecule has 0 rings (SSSR count). The van der Waals surface area contributed by atoms with E-state index < -0.39 is 0 Å². The van der Waals surface area contributed by atoms with E-state index in [2.05, 4.69) is 37.6 Å². The molecule has 0 aliphatic rings. The van der Waals surface area contributed by atoms with E-state index in [-0.39, 0.29) is 0 Å². The van der Waals surface area contributed by atoms with Crippen LogP contribution in [0.25, 0.3) is 0 Å². The van der Waals surface area contributed by atoms with Crippen molar-refractivity contribution in [3.8, 4) is 0 Å². The fourth-order valence-corrected chi connectivity index (χ4v) is 8.70. The third-order valence-corrected chi connectivity index (χ3v) is 12.6. The van der Waals surface area contributed by atoms with Crippen LogP contribution in [0.2, 0.25) is 0 Å². The van der Waals surface area contributed by atoms with Gasteiger partial charge in [0.15, 0.2) is 0 Å². The highest BCUT2D eigenvalue weighted by molar-refractivity contribution is 7.45. The Balaban J connectivity index is 3.14. The van der Waals surface area contributed by atoms with Gasteiger partial charge in [0.2, 0.25) is 0 Å². The number of rotatable bonds is 48. The predicted molar refractivity (Wildman–Crippen MR) is 249 cm³/mol. The summed E-state index contributed by atoms with van der Waals surface area (Å²) in [4.78, 5) is 0. The molecule has 0 aromatic carbocycles. The lowest BCUT2D eigenvalue weighted by molar-refractivity contribution is 0.519. The molecule has 0 bridgehead atoms. The molecule has 1 heteroatoms. The van der Waals surface area contributed by atoms with Crippen LogP contribution in [-0.4, -0.2) is 0 Å². The summed E-state index contributed by atoms with van der Waals surface area (Å²) in [6, 6.07) is 0. The molecule has 315 valence electrons. The third kappa shape index (κ3) is 51.9. The van der Waals surface area contributed by atoms with Gasteiger partial charge < -0.3 is 0 Å². The quantitative estimate of drug-likeness (QED) is 0.0428. The summed E-state index contributed by atoms with van der Waals surface area (Å²) >= 11 is 0. The van der Waals surface area contributed by atoms with Gasteiger partial charge in [-0.15, -0.1) is 0 Å². The van der Waals surface area contributed by atoms with Gasteiger partial charge in [-0.2, -0.15) is 0 Å². The van der Waals surface area contributed by atoms with Crippen molar-refractivity contribution in [1.82, 2.24) is 0 Å².